The first-order chi connectivity index (χ1) is 12.4. The molecule has 1 spiro atoms. The fourth-order valence-electron chi connectivity index (χ4n) is 5.72. The number of ether oxygens (including phenoxy) is 2. The maximum absolute atomic E-state index is 12.2. The minimum absolute atomic E-state index is 0.0601. The lowest BCUT2D eigenvalue weighted by Crippen LogP contribution is -2.66. The quantitative estimate of drug-likeness (QED) is 0.613. The molecule has 1 N–H and O–H groups in total. The Morgan fingerprint density at radius 2 is 2.12 bits per heavy atom. The first-order valence-electron chi connectivity index (χ1n) is 9.08. The third-order valence-electron chi connectivity index (χ3n) is 6.56. The Morgan fingerprint density at radius 1 is 1.31 bits per heavy atom. The number of hydrogen-bond donors (Lipinski definition) is 1. The Labute approximate surface area is 151 Å². The zero-order valence-corrected chi connectivity index (χ0v) is 14.8. The predicted molar refractivity (Wildman–Crippen MR) is 91.9 cm³/mol. The van der Waals surface area contributed by atoms with Crippen molar-refractivity contribution in [2.45, 2.75) is 50.4 Å². The number of phenolic OH excluding ortho intramolecular Hbond substituents is 1. The molecule has 4 aliphatic rings. The molecule has 0 saturated carbocycles. The number of benzene rings is 1. The minimum atomic E-state index is -0.494. The Kier molecular flexibility index (Phi) is 3.04. The molecule has 0 radical (unpaired) electrons. The largest absolute Gasteiger partial charge is 0.504 e. The van der Waals surface area contributed by atoms with Crippen molar-refractivity contribution in [3.63, 3.8) is 0 Å². The van der Waals surface area contributed by atoms with Crippen LogP contribution in [0.15, 0.2) is 24.3 Å². The van der Waals surface area contributed by atoms with E-state index in [9.17, 15) is 14.7 Å². The predicted octanol–water partition coefficient (Wildman–Crippen LogP) is 1.69. The summed E-state index contributed by atoms with van der Waals surface area (Å²) in [6.45, 7) is 3.66. The van der Waals surface area contributed by atoms with Gasteiger partial charge in [-0.1, -0.05) is 12.1 Å². The van der Waals surface area contributed by atoms with Crippen LogP contribution in [0.1, 0.15) is 31.4 Å². The van der Waals surface area contributed by atoms with Crippen molar-refractivity contribution in [1.82, 2.24) is 4.90 Å². The Balaban J connectivity index is 1.73. The molecule has 5 rings (SSSR count). The van der Waals surface area contributed by atoms with Gasteiger partial charge in [-0.15, -0.1) is 0 Å². The average molecular weight is 355 g/mol. The van der Waals surface area contributed by atoms with Crippen LogP contribution in [-0.2, 0) is 26.2 Å². The lowest BCUT2D eigenvalue weighted by atomic mass is 9.53. The van der Waals surface area contributed by atoms with E-state index < -0.39 is 6.10 Å². The summed E-state index contributed by atoms with van der Waals surface area (Å²) in [5, 5.41) is 10.4. The highest BCUT2D eigenvalue weighted by Crippen LogP contribution is 2.62. The van der Waals surface area contributed by atoms with E-state index in [4.69, 9.17) is 9.47 Å². The van der Waals surface area contributed by atoms with E-state index in [2.05, 4.69) is 6.08 Å². The molecule has 5 atom stereocenters. The molecule has 1 amide bonds. The van der Waals surface area contributed by atoms with Gasteiger partial charge in [-0.3, -0.25) is 9.59 Å². The van der Waals surface area contributed by atoms with Crippen LogP contribution in [0.4, 0.5) is 0 Å². The molecule has 1 fully saturated rings. The van der Waals surface area contributed by atoms with Gasteiger partial charge in [0.25, 0.3) is 0 Å². The van der Waals surface area contributed by atoms with Crippen LogP contribution in [0.2, 0.25) is 0 Å². The number of esters is 1. The second kappa shape index (κ2) is 5.02. The molecule has 1 aromatic rings. The molecular formula is C20H21NO5. The van der Waals surface area contributed by atoms with Gasteiger partial charge < -0.3 is 19.5 Å². The summed E-state index contributed by atoms with van der Waals surface area (Å²) in [7, 11) is 0. The van der Waals surface area contributed by atoms with E-state index in [1.165, 1.54) is 6.92 Å². The highest BCUT2D eigenvalue weighted by Gasteiger charge is 2.65. The fourth-order valence-corrected chi connectivity index (χ4v) is 5.72. The van der Waals surface area contributed by atoms with Gasteiger partial charge in [-0.2, -0.15) is 0 Å². The van der Waals surface area contributed by atoms with Crippen LogP contribution in [0.25, 0.3) is 0 Å². The van der Waals surface area contributed by atoms with Crippen LogP contribution in [0, 0.1) is 5.92 Å². The van der Waals surface area contributed by atoms with Gasteiger partial charge in [-0.05, 0) is 30.5 Å². The smallest absolute Gasteiger partial charge is 0.303 e. The number of rotatable bonds is 1. The highest BCUT2D eigenvalue weighted by molar-refractivity contribution is 5.75. The third kappa shape index (κ3) is 1.77. The summed E-state index contributed by atoms with van der Waals surface area (Å²) in [5.74, 6) is 0.464. The van der Waals surface area contributed by atoms with Crippen molar-refractivity contribution in [2.24, 2.45) is 5.92 Å². The number of amides is 1. The van der Waals surface area contributed by atoms with Crippen LogP contribution in [0.5, 0.6) is 11.5 Å². The van der Waals surface area contributed by atoms with Gasteiger partial charge in [0.2, 0.25) is 5.91 Å². The van der Waals surface area contributed by atoms with E-state index in [1.807, 2.05) is 17.0 Å². The van der Waals surface area contributed by atoms with Crippen LogP contribution in [-0.4, -0.2) is 46.7 Å². The second-order valence-corrected chi connectivity index (χ2v) is 7.75. The number of hydrogen-bond acceptors (Lipinski definition) is 5. The molecule has 136 valence electrons. The molecule has 6 nitrogen and oxygen atoms in total. The Hall–Kier alpha value is -2.50. The first-order valence-corrected chi connectivity index (χ1v) is 9.08. The number of nitrogens with zero attached hydrogens (tertiary/aromatic N) is 1. The van der Waals surface area contributed by atoms with Gasteiger partial charge >= 0.3 is 5.97 Å². The molecular weight excluding hydrogens is 334 g/mol. The molecule has 5 unspecified atom stereocenters. The fraction of sp³-hybridized carbons (Fsp3) is 0.500. The number of aromatic hydroxyl groups is 1. The summed E-state index contributed by atoms with van der Waals surface area (Å²) in [6.07, 6.45) is 4.58. The highest BCUT2D eigenvalue weighted by atomic mass is 16.6. The third-order valence-corrected chi connectivity index (χ3v) is 6.56. The van der Waals surface area contributed by atoms with Crippen LogP contribution < -0.4 is 4.74 Å². The maximum Gasteiger partial charge on any atom is 0.303 e. The minimum Gasteiger partial charge on any atom is -0.504 e. The van der Waals surface area contributed by atoms with E-state index in [1.54, 1.807) is 13.0 Å². The van der Waals surface area contributed by atoms with Gasteiger partial charge in [0, 0.05) is 37.9 Å². The number of carbonyl (C=O) groups excluding carboxylic acids is 2. The molecule has 6 heteroatoms. The van der Waals surface area contributed by atoms with Crippen molar-refractivity contribution in [3.05, 3.63) is 35.4 Å². The molecule has 0 aromatic heterocycles. The van der Waals surface area contributed by atoms with Crippen molar-refractivity contribution in [3.8, 4) is 11.5 Å². The lowest BCUT2D eigenvalue weighted by Gasteiger charge is -2.57. The Bertz CT molecular complexity index is 862. The molecule has 2 heterocycles. The zero-order valence-electron chi connectivity index (χ0n) is 14.8. The molecule has 1 aromatic carbocycles. The van der Waals surface area contributed by atoms with Crippen molar-refractivity contribution in [1.29, 1.82) is 0 Å². The lowest BCUT2D eigenvalue weighted by molar-refractivity contribution is -0.153. The zero-order chi connectivity index (χ0) is 18.2. The van der Waals surface area contributed by atoms with Crippen molar-refractivity contribution in [2.75, 3.05) is 6.54 Å². The van der Waals surface area contributed by atoms with E-state index in [0.717, 1.165) is 24.0 Å². The Morgan fingerprint density at radius 3 is 2.85 bits per heavy atom. The normalized spacial score (nSPS) is 35.5. The SMILES string of the molecule is CC(=O)OC1C=CC2C3Cc4ccc(O)c5c4C2(CCN3C(C)=O)C1O5. The average Bonchev–Trinajstić information content (AvgIpc) is 2.92. The summed E-state index contributed by atoms with van der Waals surface area (Å²) >= 11 is 0. The summed E-state index contributed by atoms with van der Waals surface area (Å²) in [4.78, 5) is 25.8. The van der Waals surface area contributed by atoms with E-state index >= 15 is 0 Å². The van der Waals surface area contributed by atoms with Gasteiger partial charge in [0.05, 0.1) is 5.41 Å². The van der Waals surface area contributed by atoms with Crippen LogP contribution in [0.3, 0.4) is 0 Å². The number of carbonyl (C=O) groups is 2. The van der Waals surface area contributed by atoms with E-state index in [-0.39, 0.29) is 41.1 Å². The molecule has 2 aliphatic carbocycles. The topological polar surface area (TPSA) is 76.1 Å². The maximum atomic E-state index is 12.2. The van der Waals surface area contributed by atoms with Gasteiger partial charge in [0.15, 0.2) is 17.6 Å². The molecule has 1 saturated heterocycles. The van der Waals surface area contributed by atoms with Gasteiger partial charge in [-0.25, -0.2) is 0 Å². The van der Waals surface area contributed by atoms with Crippen molar-refractivity contribution >= 4 is 11.9 Å². The van der Waals surface area contributed by atoms with Crippen molar-refractivity contribution < 1.29 is 24.2 Å². The van der Waals surface area contributed by atoms with Gasteiger partial charge in [0.1, 0.15) is 6.10 Å². The first kappa shape index (κ1) is 15.7. The molecule has 26 heavy (non-hydrogen) atoms. The number of piperidine rings is 1. The summed E-state index contributed by atoms with van der Waals surface area (Å²) in [6, 6.07) is 3.66. The standard InChI is InChI=1S/C20H21NO5/c1-10(22)21-8-7-20-13-4-6-16(25-11(2)23)19(20)26-18-15(24)5-3-12(17(18)20)9-14(13)21/h3-6,13-14,16,19,24H,7-9H2,1-2H3. The number of likely N-dealkylation sites (tertiary alicyclic amines) is 1. The number of phenols is 1. The summed E-state index contributed by atoms with van der Waals surface area (Å²) in [5.41, 5.74) is 1.80. The second-order valence-electron chi connectivity index (χ2n) is 7.75. The monoisotopic (exact) mass is 355 g/mol. The molecule has 2 aliphatic heterocycles. The van der Waals surface area contributed by atoms with Crippen LogP contribution >= 0.6 is 0 Å². The molecule has 2 bridgehead atoms. The summed E-state index contributed by atoms with van der Waals surface area (Å²) < 4.78 is 11.8. The van der Waals surface area contributed by atoms with E-state index in [0.29, 0.717) is 12.3 Å².